The predicted octanol–water partition coefficient (Wildman–Crippen LogP) is 2.54. The molecule has 5 nitrogen and oxygen atoms in total. The molecule has 138 valence electrons. The third-order valence-corrected chi connectivity index (χ3v) is 4.53. The summed E-state index contributed by atoms with van der Waals surface area (Å²) in [5.74, 6) is -0.111. The number of para-hydroxylation sites is 1. The number of halogens is 1. The molecule has 0 bridgehead atoms. The van der Waals surface area contributed by atoms with Gasteiger partial charge in [0, 0.05) is 25.2 Å². The maximum atomic E-state index is 12.5. The van der Waals surface area contributed by atoms with Crippen LogP contribution in [0.3, 0.4) is 0 Å². The van der Waals surface area contributed by atoms with Gasteiger partial charge in [-0.3, -0.25) is 9.59 Å². The fourth-order valence-electron chi connectivity index (χ4n) is 3.11. The molecule has 3 N–H and O–H groups in total. The molecule has 26 heavy (non-hydrogen) atoms. The fraction of sp³-hybridized carbons (Fsp3) is 0.300. The topological polar surface area (TPSA) is 75.4 Å². The van der Waals surface area contributed by atoms with Gasteiger partial charge in [0.15, 0.2) is 0 Å². The van der Waals surface area contributed by atoms with E-state index >= 15 is 0 Å². The number of likely N-dealkylation sites (tertiary alicyclic amines) is 1. The zero-order valence-corrected chi connectivity index (χ0v) is 15.4. The van der Waals surface area contributed by atoms with Crippen LogP contribution in [-0.4, -0.2) is 29.3 Å². The van der Waals surface area contributed by atoms with Crippen LogP contribution in [-0.2, 0) is 22.6 Å². The number of rotatable bonds is 6. The summed E-state index contributed by atoms with van der Waals surface area (Å²) >= 11 is 0. The zero-order valence-electron chi connectivity index (χ0n) is 14.6. The number of carbonyl (C=O) groups is 2. The van der Waals surface area contributed by atoms with Crippen molar-refractivity contribution >= 4 is 29.9 Å². The van der Waals surface area contributed by atoms with Crippen LogP contribution in [0.15, 0.2) is 54.6 Å². The van der Waals surface area contributed by atoms with Gasteiger partial charge in [-0.05, 0) is 30.0 Å². The van der Waals surface area contributed by atoms with Gasteiger partial charge in [-0.15, -0.1) is 12.4 Å². The predicted molar refractivity (Wildman–Crippen MR) is 105 cm³/mol. The Morgan fingerprint density at radius 2 is 1.81 bits per heavy atom. The summed E-state index contributed by atoms with van der Waals surface area (Å²) in [6, 6.07) is 17.0. The number of hydrogen-bond acceptors (Lipinski definition) is 3. The summed E-state index contributed by atoms with van der Waals surface area (Å²) in [4.78, 5) is 26.4. The highest BCUT2D eigenvalue weighted by atomic mass is 35.5. The van der Waals surface area contributed by atoms with E-state index in [0.717, 1.165) is 11.1 Å². The van der Waals surface area contributed by atoms with Gasteiger partial charge in [0.05, 0.1) is 0 Å². The smallest absolute Gasteiger partial charge is 0.245 e. The Bertz CT molecular complexity index is 752. The molecule has 2 aromatic carbocycles. The number of carbonyl (C=O) groups excluding carboxylic acids is 2. The number of hydrogen-bond donors (Lipinski definition) is 2. The Balaban J connectivity index is 0.00000243. The summed E-state index contributed by atoms with van der Waals surface area (Å²) in [6.07, 6.45) is 1.56. The van der Waals surface area contributed by atoms with Gasteiger partial charge in [-0.2, -0.15) is 0 Å². The lowest BCUT2D eigenvalue weighted by Gasteiger charge is -2.17. The van der Waals surface area contributed by atoms with Gasteiger partial charge in [-0.1, -0.05) is 48.5 Å². The second kappa shape index (κ2) is 9.25. The van der Waals surface area contributed by atoms with E-state index in [9.17, 15) is 9.59 Å². The molecule has 1 unspecified atom stereocenters. The molecule has 2 amide bonds. The Kier molecular flexibility index (Phi) is 7.04. The van der Waals surface area contributed by atoms with Gasteiger partial charge in [0.2, 0.25) is 11.8 Å². The van der Waals surface area contributed by atoms with Crippen molar-refractivity contribution in [3.63, 3.8) is 0 Å². The fourth-order valence-corrected chi connectivity index (χ4v) is 3.11. The van der Waals surface area contributed by atoms with E-state index in [2.05, 4.69) is 5.32 Å². The van der Waals surface area contributed by atoms with Crippen LogP contribution in [0.1, 0.15) is 24.0 Å². The van der Waals surface area contributed by atoms with Gasteiger partial charge >= 0.3 is 0 Å². The third kappa shape index (κ3) is 4.99. The summed E-state index contributed by atoms with van der Waals surface area (Å²) in [7, 11) is 0. The molecule has 2 aromatic rings. The molecule has 0 aromatic heterocycles. The first-order chi connectivity index (χ1) is 12.1. The van der Waals surface area contributed by atoms with E-state index in [1.54, 1.807) is 4.90 Å². The number of benzene rings is 2. The average molecular weight is 374 g/mol. The summed E-state index contributed by atoms with van der Waals surface area (Å²) in [6.45, 7) is 1.26. The molecule has 0 aliphatic carbocycles. The molecule has 0 spiro atoms. The van der Waals surface area contributed by atoms with E-state index in [1.807, 2.05) is 54.6 Å². The van der Waals surface area contributed by atoms with Crippen molar-refractivity contribution in [2.24, 2.45) is 0 Å². The van der Waals surface area contributed by atoms with Crippen molar-refractivity contribution in [3.8, 4) is 0 Å². The molecular weight excluding hydrogens is 350 g/mol. The van der Waals surface area contributed by atoms with E-state index in [0.29, 0.717) is 38.0 Å². The largest absolute Gasteiger partial charge is 0.399 e. The number of anilines is 1. The second-order valence-corrected chi connectivity index (χ2v) is 6.35. The summed E-state index contributed by atoms with van der Waals surface area (Å²) < 4.78 is 0. The number of nitrogens with two attached hydrogens (primary N) is 1. The van der Waals surface area contributed by atoms with Crippen molar-refractivity contribution in [1.82, 2.24) is 10.2 Å². The summed E-state index contributed by atoms with van der Waals surface area (Å²) in [5, 5.41) is 2.86. The lowest BCUT2D eigenvalue weighted by molar-refractivity contribution is -0.133. The lowest BCUT2D eigenvalue weighted by atomic mass is 10.1. The quantitative estimate of drug-likeness (QED) is 0.764. The van der Waals surface area contributed by atoms with Gasteiger partial charge in [-0.25, -0.2) is 0 Å². The van der Waals surface area contributed by atoms with Crippen LogP contribution in [0.25, 0.3) is 0 Å². The first kappa shape index (κ1) is 19.8. The van der Waals surface area contributed by atoms with Gasteiger partial charge in [0.1, 0.15) is 6.04 Å². The molecular formula is C20H24ClN3O2. The first-order valence-corrected chi connectivity index (χ1v) is 8.59. The second-order valence-electron chi connectivity index (χ2n) is 6.35. The van der Waals surface area contributed by atoms with Crippen molar-refractivity contribution in [2.45, 2.75) is 31.8 Å². The molecule has 1 saturated heterocycles. The number of amides is 2. The van der Waals surface area contributed by atoms with E-state index in [1.165, 1.54) is 0 Å². The zero-order chi connectivity index (χ0) is 17.6. The minimum absolute atomic E-state index is 0. The van der Waals surface area contributed by atoms with E-state index < -0.39 is 6.04 Å². The highest BCUT2D eigenvalue weighted by molar-refractivity contribution is 5.89. The van der Waals surface area contributed by atoms with Gasteiger partial charge in [0.25, 0.3) is 0 Å². The van der Waals surface area contributed by atoms with Crippen LogP contribution in [0.5, 0.6) is 0 Å². The first-order valence-electron chi connectivity index (χ1n) is 8.59. The minimum atomic E-state index is -0.413. The number of nitrogen functional groups attached to an aromatic ring is 1. The van der Waals surface area contributed by atoms with Crippen LogP contribution in [0.2, 0.25) is 0 Å². The highest BCUT2D eigenvalue weighted by Gasteiger charge is 2.32. The highest BCUT2D eigenvalue weighted by Crippen LogP contribution is 2.16. The molecule has 1 aliphatic heterocycles. The lowest BCUT2D eigenvalue weighted by Crippen LogP contribution is -2.41. The molecule has 6 heteroatoms. The molecule has 1 fully saturated rings. The molecule has 1 aliphatic rings. The van der Waals surface area contributed by atoms with E-state index in [4.69, 9.17) is 5.73 Å². The number of nitrogens with one attached hydrogen (secondary N) is 1. The van der Waals surface area contributed by atoms with Crippen molar-refractivity contribution < 1.29 is 9.59 Å². The maximum Gasteiger partial charge on any atom is 0.245 e. The monoisotopic (exact) mass is 373 g/mol. The van der Waals surface area contributed by atoms with Gasteiger partial charge < -0.3 is 16.0 Å². The Hall–Kier alpha value is -2.53. The van der Waals surface area contributed by atoms with Crippen molar-refractivity contribution in [1.29, 1.82) is 0 Å². The number of aryl methyl sites for hydroxylation is 1. The normalized spacial score (nSPS) is 16.2. The van der Waals surface area contributed by atoms with Crippen molar-refractivity contribution in [2.75, 3.05) is 12.3 Å². The molecule has 3 rings (SSSR count). The van der Waals surface area contributed by atoms with Crippen molar-refractivity contribution in [3.05, 3.63) is 65.7 Å². The Labute approximate surface area is 160 Å². The SMILES string of the molecule is Cl.Nc1ccccc1CCC(=O)NC1CCN(Cc2ccccc2)C1=O. The molecule has 1 heterocycles. The van der Waals surface area contributed by atoms with Crippen LogP contribution in [0, 0.1) is 0 Å². The average Bonchev–Trinajstić information content (AvgIpc) is 2.95. The third-order valence-electron chi connectivity index (χ3n) is 4.53. The molecule has 0 saturated carbocycles. The Morgan fingerprint density at radius 3 is 2.54 bits per heavy atom. The Morgan fingerprint density at radius 1 is 1.12 bits per heavy atom. The van der Waals surface area contributed by atoms with Crippen LogP contribution in [0.4, 0.5) is 5.69 Å². The summed E-state index contributed by atoms with van der Waals surface area (Å²) in [5.41, 5.74) is 8.65. The standard InChI is InChI=1S/C20H23N3O2.ClH/c21-17-9-5-4-8-16(17)10-11-19(24)22-18-12-13-23(20(18)25)14-15-6-2-1-3-7-15;/h1-9,18H,10-14,21H2,(H,22,24);1H. The maximum absolute atomic E-state index is 12.5. The molecule has 1 atom stereocenters. The molecule has 0 radical (unpaired) electrons. The van der Waals surface area contributed by atoms with Crippen LogP contribution < -0.4 is 11.1 Å². The number of nitrogens with zero attached hydrogens (tertiary/aromatic N) is 1. The minimum Gasteiger partial charge on any atom is -0.399 e. The van der Waals surface area contributed by atoms with Crippen LogP contribution >= 0.6 is 12.4 Å². The van der Waals surface area contributed by atoms with E-state index in [-0.39, 0.29) is 24.2 Å².